The first-order valence-corrected chi connectivity index (χ1v) is 4.60. The highest BCUT2D eigenvalue weighted by Gasteiger charge is 2.16. The van der Waals surface area contributed by atoms with E-state index in [1.54, 1.807) is 6.92 Å². The van der Waals surface area contributed by atoms with Gasteiger partial charge in [0.1, 0.15) is 12.4 Å². The number of aliphatic carboxylic acids is 1. The summed E-state index contributed by atoms with van der Waals surface area (Å²) in [6.45, 7) is 1.40. The SMILES string of the molecule is CCN(CC(=O)O)c1cc(F)c(O)cc1F. The normalized spacial score (nSPS) is 10.2. The lowest BCUT2D eigenvalue weighted by Crippen LogP contribution is -2.30. The van der Waals surface area contributed by atoms with Crippen molar-refractivity contribution in [2.24, 2.45) is 0 Å². The summed E-state index contributed by atoms with van der Waals surface area (Å²) in [6.07, 6.45) is 0. The lowest BCUT2D eigenvalue weighted by molar-refractivity contribution is -0.135. The molecule has 1 aromatic rings. The number of nitrogens with zero attached hydrogens (tertiary/aromatic N) is 1. The fraction of sp³-hybridized carbons (Fsp3) is 0.300. The Morgan fingerprint density at radius 1 is 1.38 bits per heavy atom. The molecule has 0 bridgehead atoms. The molecule has 0 aromatic heterocycles. The Kier molecular flexibility index (Phi) is 3.65. The first-order valence-electron chi connectivity index (χ1n) is 4.60. The summed E-state index contributed by atoms with van der Waals surface area (Å²) in [4.78, 5) is 11.7. The molecule has 0 spiro atoms. The smallest absolute Gasteiger partial charge is 0.323 e. The third-order valence-electron chi connectivity index (χ3n) is 2.06. The summed E-state index contributed by atoms with van der Waals surface area (Å²) in [5, 5.41) is 17.5. The van der Waals surface area contributed by atoms with E-state index in [2.05, 4.69) is 0 Å². The van der Waals surface area contributed by atoms with E-state index in [1.165, 1.54) is 0 Å². The van der Waals surface area contributed by atoms with Crippen LogP contribution >= 0.6 is 0 Å². The molecule has 0 saturated carbocycles. The molecule has 16 heavy (non-hydrogen) atoms. The Labute approximate surface area is 90.7 Å². The zero-order chi connectivity index (χ0) is 12.3. The zero-order valence-corrected chi connectivity index (χ0v) is 8.57. The van der Waals surface area contributed by atoms with Crippen LogP contribution in [-0.4, -0.2) is 29.3 Å². The minimum atomic E-state index is -1.14. The third-order valence-corrected chi connectivity index (χ3v) is 2.06. The summed E-state index contributed by atoms with van der Waals surface area (Å²) in [6, 6.07) is 1.40. The number of benzene rings is 1. The van der Waals surface area contributed by atoms with Crippen LogP contribution in [0.3, 0.4) is 0 Å². The molecule has 2 N–H and O–H groups in total. The fourth-order valence-electron chi connectivity index (χ4n) is 1.30. The standard InChI is InChI=1S/C10H11F2NO3/c1-2-13(5-10(15)16)8-3-7(12)9(14)4-6(8)11/h3-4,14H,2,5H2,1H3,(H,15,16). The first-order chi connectivity index (χ1) is 7.45. The Morgan fingerprint density at radius 2 is 2.00 bits per heavy atom. The van der Waals surface area contributed by atoms with E-state index in [1.807, 2.05) is 0 Å². The predicted octanol–water partition coefficient (Wildman–Crippen LogP) is 1.58. The minimum Gasteiger partial charge on any atom is -0.505 e. The van der Waals surface area contributed by atoms with Gasteiger partial charge in [0.25, 0.3) is 0 Å². The van der Waals surface area contributed by atoms with Crippen LogP contribution in [-0.2, 0) is 4.79 Å². The molecule has 0 aliphatic rings. The van der Waals surface area contributed by atoms with Crippen LogP contribution in [0.4, 0.5) is 14.5 Å². The average molecular weight is 231 g/mol. The van der Waals surface area contributed by atoms with Gasteiger partial charge >= 0.3 is 5.97 Å². The molecular formula is C10H11F2NO3. The Balaban J connectivity index is 3.09. The number of hydrogen-bond acceptors (Lipinski definition) is 3. The molecule has 6 heteroatoms. The lowest BCUT2D eigenvalue weighted by atomic mass is 10.2. The second-order valence-corrected chi connectivity index (χ2v) is 3.16. The molecule has 0 saturated heterocycles. The number of hydrogen-bond donors (Lipinski definition) is 2. The lowest BCUT2D eigenvalue weighted by Gasteiger charge is -2.21. The van der Waals surface area contributed by atoms with Gasteiger partial charge in [0.2, 0.25) is 0 Å². The van der Waals surface area contributed by atoms with Crippen LogP contribution in [0, 0.1) is 11.6 Å². The molecule has 0 amide bonds. The molecule has 4 nitrogen and oxygen atoms in total. The molecule has 1 rings (SSSR count). The topological polar surface area (TPSA) is 60.8 Å². The van der Waals surface area contributed by atoms with E-state index in [9.17, 15) is 13.6 Å². The summed E-state index contributed by atoms with van der Waals surface area (Å²) >= 11 is 0. The average Bonchev–Trinajstić information content (AvgIpc) is 2.20. The number of halogens is 2. The van der Waals surface area contributed by atoms with Gasteiger partial charge in [-0.05, 0) is 6.92 Å². The van der Waals surface area contributed by atoms with Crippen molar-refractivity contribution in [2.45, 2.75) is 6.92 Å². The first kappa shape index (κ1) is 12.2. The van der Waals surface area contributed by atoms with Crippen LogP contribution in [0.25, 0.3) is 0 Å². The van der Waals surface area contributed by atoms with Crippen molar-refractivity contribution in [1.82, 2.24) is 0 Å². The molecule has 88 valence electrons. The number of aromatic hydroxyl groups is 1. The largest absolute Gasteiger partial charge is 0.505 e. The molecular weight excluding hydrogens is 220 g/mol. The van der Waals surface area contributed by atoms with Crippen molar-refractivity contribution in [3.05, 3.63) is 23.8 Å². The van der Waals surface area contributed by atoms with Gasteiger partial charge in [0.15, 0.2) is 11.6 Å². The van der Waals surface area contributed by atoms with E-state index in [0.29, 0.717) is 6.07 Å². The number of carboxylic acids is 1. The number of rotatable bonds is 4. The van der Waals surface area contributed by atoms with E-state index in [4.69, 9.17) is 10.2 Å². The summed E-state index contributed by atoms with van der Waals surface area (Å²) in [5.74, 6) is -3.79. The number of phenols is 1. The quantitative estimate of drug-likeness (QED) is 0.825. The van der Waals surface area contributed by atoms with Crippen LogP contribution in [0.5, 0.6) is 5.75 Å². The van der Waals surface area contributed by atoms with Gasteiger partial charge in [-0.15, -0.1) is 0 Å². The van der Waals surface area contributed by atoms with Gasteiger partial charge < -0.3 is 15.1 Å². The number of carboxylic acid groups (broad SMARTS) is 1. The maximum absolute atomic E-state index is 13.4. The summed E-state index contributed by atoms with van der Waals surface area (Å²) < 4.78 is 26.4. The molecule has 0 fully saturated rings. The maximum Gasteiger partial charge on any atom is 0.323 e. The molecule has 1 aromatic carbocycles. The highest BCUT2D eigenvalue weighted by atomic mass is 19.1. The van der Waals surface area contributed by atoms with Gasteiger partial charge in [0.05, 0.1) is 5.69 Å². The van der Waals surface area contributed by atoms with Gasteiger partial charge in [-0.2, -0.15) is 0 Å². The number of likely N-dealkylation sites (N-methyl/N-ethyl adjacent to an activating group) is 1. The predicted molar refractivity (Wildman–Crippen MR) is 53.5 cm³/mol. The third kappa shape index (κ3) is 2.59. The zero-order valence-electron chi connectivity index (χ0n) is 8.57. The van der Waals surface area contributed by atoms with Crippen LogP contribution < -0.4 is 4.90 Å². The Morgan fingerprint density at radius 3 is 2.50 bits per heavy atom. The van der Waals surface area contributed by atoms with Gasteiger partial charge in [0, 0.05) is 18.7 Å². The van der Waals surface area contributed by atoms with E-state index < -0.39 is 29.9 Å². The van der Waals surface area contributed by atoms with Crippen LogP contribution in [0.2, 0.25) is 0 Å². The van der Waals surface area contributed by atoms with Crippen molar-refractivity contribution in [2.75, 3.05) is 18.0 Å². The van der Waals surface area contributed by atoms with Gasteiger partial charge in [-0.3, -0.25) is 4.79 Å². The van der Waals surface area contributed by atoms with Crippen LogP contribution in [0.15, 0.2) is 12.1 Å². The van der Waals surface area contributed by atoms with E-state index in [-0.39, 0.29) is 12.2 Å². The van der Waals surface area contributed by atoms with E-state index >= 15 is 0 Å². The van der Waals surface area contributed by atoms with Crippen molar-refractivity contribution in [3.8, 4) is 5.75 Å². The molecule has 0 unspecified atom stereocenters. The van der Waals surface area contributed by atoms with E-state index in [0.717, 1.165) is 11.0 Å². The maximum atomic E-state index is 13.4. The van der Waals surface area contributed by atoms with Gasteiger partial charge in [-0.25, -0.2) is 8.78 Å². The molecule has 0 radical (unpaired) electrons. The molecule has 0 heterocycles. The molecule has 0 atom stereocenters. The number of phenolic OH excluding ortho intramolecular Hbond substituents is 1. The fourth-order valence-corrected chi connectivity index (χ4v) is 1.30. The van der Waals surface area contributed by atoms with Crippen LogP contribution in [0.1, 0.15) is 6.92 Å². The minimum absolute atomic E-state index is 0.180. The summed E-state index contributed by atoms with van der Waals surface area (Å²) in [7, 11) is 0. The Hall–Kier alpha value is -1.85. The highest BCUT2D eigenvalue weighted by Crippen LogP contribution is 2.26. The number of anilines is 1. The second-order valence-electron chi connectivity index (χ2n) is 3.16. The number of carbonyl (C=O) groups is 1. The van der Waals surface area contributed by atoms with Crippen molar-refractivity contribution >= 4 is 11.7 Å². The van der Waals surface area contributed by atoms with Gasteiger partial charge in [-0.1, -0.05) is 0 Å². The molecule has 0 aliphatic carbocycles. The van der Waals surface area contributed by atoms with Crippen molar-refractivity contribution < 1.29 is 23.8 Å². The second kappa shape index (κ2) is 4.78. The highest BCUT2D eigenvalue weighted by molar-refractivity contribution is 5.74. The Bertz CT molecular complexity index is 409. The monoisotopic (exact) mass is 231 g/mol. The van der Waals surface area contributed by atoms with Crippen molar-refractivity contribution in [1.29, 1.82) is 0 Å². The summed E-state index contributed by atoms with van der Waals surface area (Å²) in [5.41, 5.74) is -0.180. The molecule has 0 aliphatic heterocycles. The van der Waals surface area contributed by atoms with Crippen molar-refractivity contribution in [3.63, 3.8) is 0 Å².